The number of hydrogen-bond acceptors (Lipinski definition) is 6. The summed E-state index contributed by atoms with van der Waals surface area (Å²) in [5, 5.41) is 13.3. The second-order valence-electron chi connectivity index (χ2n) is 12.2. The topological polar surface area (TPSA) is 91.8 Å². The zero-order valence-corrected chi connectivity index (χ0v) is 26.2. The maximum absolute atomic E-state index is 12.8. The highest BCUT2D eigenvalue weighted by Crippen LogP contribution is 2.48. The molecule has 224 valence electrons. The molecule has 0 atom stereocenters. The molecule has 3 aliphatic rings. The molecule has 2 aromatic rings. The number of pyridine rings is 1. The van der Waals surface area contributed by atoms with Crippen molar-refractivity contribution >= 4 is 40.6 Å². The van der Waals surface area contributed by atoms with E-state index in [2.05, 4.69) is 22.1 Å². The monoisotopic (exact) mass is 603 g/mol. The number of benzene rings is 1. The lowest BCUT2D eigenvalue weighted by Crippen LogP contribution is -2.47. The lowest BCUT2D eigenvalue weighted by Gasteiger charge is -2.40. The molecule has 1 spiro atoms. The van der Waals surface area contributed by atoms with E-state index in [1.54, 1.807) is 19.2 Å². The minimum Gasteiger partial charge on any atom is -0.491 e. The third-order valence-electron chi connectivity index (χ3n) is 8.70. The number of ketones is 1. The molecule has 2 fully saturated rings. The molecular weight excluding hydrogens is 561 g/mol. The van der Waals surface area contributed by atoms with Gasteiger partial charge in [0.25, 0.3) is 0 Å². The van der Waals surface area contributed by atoms with Gasteiger partial charge in [-0.3, -0.25) is 14.7 Å². The van der Waals surface area contributed by atoms with Crippen molar-refractivity contribution in [3.05, 3.63) is 51.3 Å². The van der Waals surface area contributed by atoms with Crippen LogP contribution in [0.1, 0.15) is 82.5 Å². The number of piperidine rings is 1. The molecule has 1 aromatic carbocycles. The van der Waals surface area contributed by atoms with Crippen molar-refractivity contribution in [2.45, 2.75) is 90.1 Å². The van der Waals surface area contributed by atoms with Crippen molar-refractivity contribution in [1.29, 1.82) is 0 Å². The van der Waals surface area contributed by atoms with Gasteiger partial charge in [-0.2, -0.15) is 0 Å². The number of ether oxygens (including phenoxy) is 1. The summed E-state index contributed by atoms with van der Waals surface area (Å²) in [4.78, 5) is 30.8. The normalized spacial score (nSPS) is 22.8. The molecule has 41 heavy (non-hydrogen) atoms. The minimum atomic E-state index is -0.562. The van der Waals surface area contributed by atoms with E-state index in [1.165, 1.54) is 12.8 Å². The minimum absolute atomic E-state index is 0.0105. The summed E-state index contributed by atoms with van der Waals surface area (Å²) in [5.74, 6) is 1.72. The number of carbonyl (C=O) groups excluding carboxylic acids is 2. The zero-order chi connectivity index (χ0) is 29.8. The van der Waals surface area contributed by atoms with Crippen LogP contribution < -0.4 is 10.1 Å². The van der Waals surface area contributed by atoms with E-state index in [0.29, 0.717) is 48.0 Å². The molecule has 1 aliphatic carbocycles. The summed E-state index contributed by atoms with van der Waals surface area (Å²) in [7, 11) is 0. The van der Waals surface area contributed by atoms with Gasteiger partial charge in [0.2, 0.25) is 5.91 Å². The Morgan fingerprint density at radius 1 is 1.22 bits per heavy atom. The van der Waals surface area contributed by atoms with Crippen LogP contribution in [0.4, 0.5) is 5.69 Å². The van der Waals surface area contributed by atoms with Gasteiger partial charge in [-0.25, -0.2) is 0 Å². The fourth-order valence-corrected chi connectivity index (χ4v) is 6.92. The van der Waals surface area contributed by atoms with Crippen molar-refractivity contribution in [2.24, 2.45) is 5.92 Å². The Hall–Kier alpha value is -2.19. The maximum Gasteiger partial charge on any atom is 0.235 e. The molecule has 2 aliphatic heterocycles. The van der Waals surface area contributed by atoms with Gasteiger partial charge < -0.3 is 20.0 Å². The lowest BCUT2D eigenvalue weighted by atomic mass is 9.70. The number of aryl methyl sites for hydroxylation is 2. The summed E-state index contributed by atoms with van der Waals surface area (Å²) >= 11 is 12.5. The van der Waals surface area contributed by atoms with Crippen LogP contribution in [0.3, 0.4) is 0 Å². The second-order valence-corrected chi connectivity index (χ2v) is 13.1. The second kappa shape index (κ2) is 13.4. The van der Waals surface area contributed by atoms with E-state index in [9.17, 15) is 14.7 Å². The molecule has 0 bridgehead atoms. The van der Waals surface area contributed by atoms with Crippen LogP contribution in [0.15, 0.2) is 24.4 Å². The average Bonchev–Trinajstić information content (AvgIpc) is 3.16. The molecular formula is C32H43Cl2N3O4. The van der Waals surface area contributed by atoms with Crippen molar-refractivity contribution in [3.63, 3.8) is 0 Å². The third-order valence-corrected chi connectivity index (χ3v) is 9.21. The molecule has 0 unspecified atom stereocenters. The first-order valence-corrected chi connectivity index (χ1v) is 15.5. The molecule has 0 radical (unpaired) electrons. The summed E-state index contributed by atoms with van der Waals surface area (Å²) in [6, 6.07) is 5.51. The quantitative estimate of drug-likeness (QED) is 0.338. The Labute approximate surface area is 254 Å². The van der Waals surface area contributed by atoms with Gasteiger partial charge in [0.05, 0.1) is 27.9 Å². The van der Waals surface area contributed by atoms with E-state index in [4.69, 9.17) is 27.9 Å². The molecule has 1 saturated heterocycles. The van der Waals surface area contributed by atoms with Gasteiger partial charge >= 0.3 is 0 Å². The highest BCUT2D eigenvalue weighted by atomic mass is 35.5. The number of amides is 1. The van der Waals surface area contributed by atoms with E-state index in [-0.39, 0.29) is 17.3 Å². The number of nitrogens with zero attached hydrogens (tertiary/aromatic N) is 2. The lowest BCUT2D eigenvalue weighted by molar-refractivity contribution is -0.122. The molecule has 9 heteroatoms. The average molecular weight is 605 g/mol. The van der Waals surface area contributed by atoms with Gasteiger partial charge in [-0.15, -0.1) is 0 Å². The van der Waals surface area contributed by atoms with Crippen molar-refractivity contribution in [3.8, 4) is 5.75 Å². The number of likely N-dealkylation sites (tertiary alicyclic amines) is 1. The Morgan fingerprint density at radius 3 is 2.56 bits per heavy atom. The molecule has 1 amide bonds. The Kier molecular flexibility index (Phi) is 10.4. The summed E-state index contributed by atoms with van der Waals surface area (Å²) in [5.41, 5.74) is 2.72. The SMILES string of the molecule is CC(=O)CCc1cc(OCCN2CCC3(CC2)C(=O)Nc2c(Cl)cc(Cl)cc23)cnc1C.CCCC1CC(C)(O)C1. The Bertz CT molecular complexity index is 1250. The number of nitrogens with one attached hydrogen (secondary N) is 1. The van der Waals surface area contributed by atoms with E-state index >= 15 is 0 Å². The maximum atomic E-state index is 12.8. The van der Waals surface area contributed by atoms with E-state index < -0.39 is 5.41 Å². The summed E-state index contributed by atoms with van der Waals surface area (Å²) < 4.78 is 5.93. The van der Waals surface area contributed by atoms with Crippen LogP contribution in [0.5, 0.6) is 5.75 Å². The number of aliphatic hydroxyl groups is 1. The predicted molar refractivity (Wildman–Crippen MR) is 164 cm³/mol. The van der Waals surface area contributed by atoms with Crippen LogP contribution in [-0.2, 0) is 21.4 Å². The van der Waals surface area contributed by atoms with Crippen LogP contribution in [0.2, 0.25) is 10.0 Å². The van der Waals surface area contributed by atoms with Crippen molar-refractivity contribution in [1.82, 2.24) is 9.88 Å². The number of halogens is 2. The molecule has 5 rings (SSSR count). The van der Waals surface area contributed by atoms with E-state index in [0.717, 1.165) is 61.0 Å². The number of Topliss-reactive ketones (excluding diaryl/α,β-unsaturated/α-hetero) is 1. The smallest absolute Gasteiger partial charge is 0.235 e. The van der Waals surface area contributed by atoms with Crippen LogP contribution in [0.25, 0.3) is 0 Å². The Morgan fingerprint density at radius 2 is 1.93 bits per heavy atom. The third kappa shape index (κ3) is 7.81. The van der Waals surface area contributed by atoms with E-state index in [1.807, 2.05) is 26.0 Å². The molecule has 1 saturated carbocycles. The van der Waals surface area contributed by atoms with Gasteiger partial charge in [0.15, 0.2) is 0 Å². The highest BCUT2D eigenvalue weighted by Gasteiger charge is 2.49. The predicted octanol–water partition coefficient (Wildman–Crippen LogP) is 6.53. The van der Waals surface area contributed by atoms with Crippen molar-refractivity contribution in [2.75, 3.05) is 31.6 Å². The standard InChI is InChI=1S/C24H27Cl2N3O3.C8H16O/c1-15(30)3-4-17-11-19(14-27-16(17)2)32-10-9-29-7-5-24(6-8-29)20-12-18(25)13-21(26)22(20)28-23(24)31;1-3-4-7-5-8(2,9)6-7/h11-14H,3-10H2,1-2H3,(H,28,31);7,9H,3-6H2,1-2H3. The van der Waals surface area contributed by atoms with Gasteiger partial charge in [-0.05, 0) is 101 Å². The molecule has 2 N–H and O–H groups in total. The molecule has 7 nitrogen and oxygen atoms in total. The number of carbonyl (C=O) groups is 2. The number of hydrogen-bond donors (Lipinski definition) is 2. The number of aromatic nitrogens is 1. The van der Waals surface area contributed by atoms with Crippen LogP contribution in [-0.4, -0.2) is 58.5 Å². The van der Waals surface area contributed by atoms with Gasteiger partial charge in [0.1, 0.15) is 18.1 Å². The first kappa shape index (κ1) is 31.7. The van der Waals surface area contributed by atoms with Crippen LogP contribution in [0, 0.1) is 12.8 Å². The zero-order valence-electron chi connectivity index (χ0n) is 24.7. The number of anilines is 1. The fourth-order valence-electron chi connectivity index (χ4n) is 6.38. The first-order chi connectivity index (χ1) is 19.4. The summed E-state index contributed by atoms with van der Waals surface area (Å²) in [6.45, 7) is 10.5. The molecule has 1 aromatic heterocycles. The van der Waals surface area contributed by atoms with Gasteiger partial charge in [0, 0.05) is 23.7 Å². The summed E-state index contributed by atoms with van der Waals surface area (Å²) in [6.07, 6.45) is 8.96. The van der Waals surface area contributed by atoms with Crippen molar-refractivity contribution < 1.29 is 19.4 Å². The highest BCUT2D eigenvalue weighted by molar-refractivity contribution is 6.37. The number of fused-ring (bicyclic) bond motifs is 2. The van der Waals surface area contributed by atoms with Gasteiger partial charge in [-0.1, -0.05) is 43.0 Å². The largest absolute Gasteiger partial charge is 0.491 e. The molecule has 3 heterocycles. The fraction of sp³-hybridized carbons (Fsp3) is 0.594. The van der Waals surface area contributed by atoms with Crippen LogP contribution >= 0.6 is 23.2 Å². The Balaban J connectivity index is 0.000000367. The first-order valence-electron chi connectivity index (χ1n) is 14.8. The number of rotatable bonds is 9.